The largest absolute Gasteiger partial charge is 0.387 e. The van der Waals surface area contributed by atoms with Gasteiger partial charge in [0.1, 0.15) is 0 Å². The van der Waals surface area contributed by atoms with Crippen LogP contribution in [0, 0.1) is 0 Å². The van der Waals surface area contributed by atoms with E-state index in [1.807, 2.05) is 55.4 Å². The molecule has 0 radical (unpaired) electrons. The Hall–Kier alpha value is -1.09. The van der Waals surface area contributed by atoms with E-state index in [-0.39, 0.29) is 0 Å². The molecular weight excluding hydrogens is 234 g/mol. The van der Waals surface area contributed by atoms with Crippen molar-refractivity contribution in [2.24, 2.45) is 0 Å². The summed E-state index contributed by atoms with van der Waals surface area (Å²) in [5.74, 6) is 0. The average molecular weight is 250 g/mol. The van der Waals surface area contributed by atoms with E-state index in [0.29, 0.717) is 6.54 Å². The van der Waals surface area contributed by atoms with Crippen LogP contribution in [0.15, 0.2) is 36.4 Å². The van der Waals surface area contributed by atoms with E-state index in [1.54, 1.807) is 0 Å². The predicted octanol–water partition coefficient (Wildman–Crippen LogP) is 3.09. The van der Waals surface area contributed by atoms with Gasteiger partial charge in [0.2, 0.25) is 0 Å². The van der Waals surface area contributed by atoms with E-state index in [9.17, 15) is 5.11 Å². The molecule has 0 spiro atoms. The second-order valence-corrected chi connectivity index (χ2v) is 4.87. The fraction of sp³-hybridized carbons (Fsp3) is 0.286. The highest BCUT2D eigenvalue weighted by Gasteiger charge is 2.13. The molecule has 0 saturated heterocycles. The van der Waals surface area contributed by atoms with Crippen molar-refractivity contribution in [2.75, 3.05) is 20.6 Å². The Balaban J connectivity index is 2.51. The molecule has 0 aliphatic heterocycles. The summed E-state index contributed by atoms with van der Waals surface area (Å²) in [6.45, 7) is 0.603. The first kappa shape index (κ1) is 12.4. The van der Waals surface area contributed by atoms with E-state index >= 15 is 0 Å². The molecule has 0 amide bonds. The standard InChI is InChI=1S/C14H16ClNO/c1-16(2)9-14(17)12-7-8-13(15)11-6-4-3-5-10(11)12/h3-8,14,17H,9H2,1-2H3/t14-/m0/s1. The summed E-state index contributed by atoms with van der Waals surface area (Å²) in [4.78, 5) is 1.97. The van der Waals surface area contributed by atoms with Crippen LogP contribution >= 0.6 is 11.6 Å². The van der Waals surface area contributed by atoms with Crippen LogP contribution in [-0.2, 0) is 0 Å². The summed E-state index contributed by atoms with van der Waals surface area (Å²) in [6, 6.07) is 11.6. The normalized spacial score (nSPS) is 13.2. The molecule has 17 heavy (non-hydrogen) atoms. The number of hydrogen-bond acceptors (Lipinski definition) is 2. The predicted molar refractivity (Wildman–Crippen MR) is 72.5 cm³/mol. The molecule has 2 nitrogen and oxygen atoms in total. The van der Waals surface area contributed by atoms with Crippen molar-refractivity contribution in [2.45, 2.75) is 6.10 Å². The number of aliphatic hydroxyl groups excluding tert-OH is 1. The minimum absolute atomic E-state index is 0.493. The molecule has 0 aliphatic carbocycles. The first-order valence-corrected chi connectivity index (χ1v) is 5.97. The third-order valence-corrected chi connectivity index (χ3v) is 3.13. The Morgan fingerprint density at radius 2 is 1.76 bits per heavy atom. The van der Waals surface area contributed by atoms with Gasteiger partial charge in [0.25, 0.3) is 0 Å². The van der Waals surface area contributed by atoms with Gasteiger partial charge in [-0.15, -0.1) is 0 Å². The van der Waals surface area contributed by atoms with Crippen molar-refractivity contribution in [3.05, 3.63) is 47.0 Å². The number of aliphatic hydroxyl groups is 1. The number of likely N-dealkylation sites (N-methyl/N-ethyl adjacent to an activating group) is 1. The smallest absolute Gasteiger partial charge is 0.0922 e. The van der Waals surface area contributed by atoms with Crippen LogP contribution in [-0.4, -0.2) is 30.6 Å². The maximum absolute atomic E-state index is 10.2. The second-order valence-electron chi connectivity index (χ2n) is 4.46. The quantitative estimate of drug-likeness (QED) is 0.904. The Labute approximate surface area is 106 Å². The lowest BCUT2D eigenvalue weighted by molar-refractivity contribution is 0.140. The van der Waals surface area contributed by atoms with Gasteiger partial charge >= 0.3 is 0 Å². The molecule has 3 heteroatoms. The Morgan fingerprint density at radius 1 is 1.12 bits per heavy atom. The third-order valence-electron chi connectivity index (χ3n) is 2.80. The van der Waals surface area contributed by atoms with Crippen molar-refractivity contribution in [3.8, 4) is 0 Å². The number of benzene rings is 2. The van der Waals surface area contributed by atoms with Gasteiger partial charge in [-0.25, -0.2) is 0 Å². The number of halogens is 1. The maximum Gasteiger partial charge on any atom is 0.0922 e. The summed E-state index contributed by atoms with van der Waals surface area (Å²) < 4.78 is 0. The summed E-state index contributed by atoms with van der Waals surface area (Å²) in [5.41, 5.74) is 0.929. The maximum atomic E-state index is 10.2. The van der Waals surface area contributed by atoms with Crippen LogP contribution < -0.4 is 0 Å². The highest BCUT2D eigenvalue weighted by Crippen LogP contribution is 2.30. The van der Waals surface area contributed by atoms with Crippen LogP contribution in [0.25, 0.3) is 10.8 Å². The Kier molecular flexibility index (Phi) is 3.67. The molecule has 0 saturated carbocycles. The summed E-state index contributed by atoms with van der Waals surface area (Å²) >= 11 is 6.15. The van der Waals surface area contributed by atoms with E-state index < -0.39 is 6.10 Å². The zero-order valence-electron chi connectivity index (χ0n) is 10.0. The van der Waals surface area contributed by atoms with Crippen LogP contribution in [0.2, 0.25) is 5.02 Å². The molecule has 1 atom stereocenters. The molecule has 0 fully saturated rings. The number of nitrogens with zero attached hydrogens (tertiary/aromatic N) is 1. The van der Waals surface area contributed by atoms with Gasteiger partial charge in [0.15, 0.2) is 0 Å². The van der Waals surface area contributed by atoms with Crippen LogP contribution in [0.4, 0.5) is 0 Å². The van der Waals surface area contributed by atoms with Gasteiger partial charge in [-0.1, -0.05) is 41.9 Å². The van der Waals surface area contributed by atoms with E-state index in [4.69, 9.17) is 11.6 Å². The van der Waals surface area contributed by atoms with E-state index in [2.05, 4.69) is 0 Å². The molecule has 2 rings (SSSR count). The van der Waals surface area contributed by atoms with Gasteiger partial charge < -0.3 is 10.0 Å². The van der Waals surface area contributed by atoms with E-state index in [0.717, 1.165) is 21.4 Å². The average Bonchev–Trinajstić information content (AvgIpc) is 2.29. The summed E-state index contributed by atoms with van der Waals surface area (Å²) in [7, 11) is 3.89. The third kappa shape index (κ3) is 2.60. The zero-order chi connectivity index (χ0) is 12.4. The molecule has 0 bridgehead atoms. The molecule has 2 aromatic carbocycles. The Bertz CT molecular complexity index is 525. The second kappa shape index (κ2) is 5.05. The van der Waals surface area contributed by atoms with Crippen molar-refractivity contribution < 1.29 is 5.11 Å². The molecule has 2 aromatic rings. The van der Waals surface area contributed by atoms with Gasteiger partial charge in [0.05, 0.1) is 6.10 Å². The highest BCUT2D eigenvalue weighted by molar-refractivity contribution is 6.35. The van der Waals surface area contributed by atoms with Crippen molar-refractivity contribution >= 4 is 22.4 Å². The lowest BCUT2D eigenvalue weighted by Crippen LogP contribution is -2.20. The molecule has 0 unspecified atom stereocenters. The van der Waals surface area contributed by atoms with Crippen LogP contribution in [0.1, 0.15) is 11.7 Å². The number of rotatable bonds is 3. The number of fused-ring (bicyclic) bond motifs is 1. The van der Waals surface area contributed by atoms with Gasteiger partial charge in [0, 0.05) is 17.0 Å². The molecule has 0 aromatic heterocycles. The van der Waals surface area contributed by atoms with Gasteiger partial charge in [-0.3, -0.25) is 0 Å². The fourth-order valence-corrected chi connectivity index (χ4v) is 2.25. The van der Waals surface area contributed by atoms with Gasteiger partial charge in [-0.05, 0) is 31.1 Å². The highest BCUT2D eigenvalue weighted by atomic mass is 35.5. The Morgan fingerprint density at radius 3 is 2.41 bits per heavy atom. The number of hydrogen-bond donors (Lipinski definition) is 1. The fourth-order valence-electron chi connectivity index (χ4n) is 2.02. The first-order chi connectivity index (χ1) is 8.09. The minimum atomic E-state index is -0.493. The monoisotopic (exact) mass is 249 g/mol. The zero-order valence-corrected chi connectivity index (χ0v) is 10.8. The first-order valence-electron chi connectivity index (χ1n) is 5.59. The molecule has 0 aliphatic rings. The molecule has 0 heterocycles. The molecule has 90 valence electrons. The molecular formula is C14H16ClNO. The lowest BCUT2D eigenvalue weighted by atomic mass is 10.00. The van der Waals surface area contributed by atoms with Crippen molar-refractivity contribution in [1.82, 2.24) is 4.90 Å². The van der Waals surface area contributed by atoms with Crippen LogP contribution in [0.3, 0.4) is 0 Å². The minimum Gasteiger partial charge on any atom is -0.387 e. The molecule has 1 N–H and O–H groups in total. The SMILES string of the molecule is CN(C)C[C@H](O)c1ccc(Cl)c2ccccc12. The van der Waals surface area contributed by atoms with Crippen LogP contribution in [0.5, 0.6) is 0 Å². The summed E-state index contributed by atoms with van der Waals surface area (Å²) in [6.07, 6.45) is -0.493. The van der Waals surface area contributed by atoms with Crippen molar-refractivity contribution in [3.63, 3.8) is 0 Å². The van der Waals surface area contributed by atoms with E-state index in [1.165, 1.54) is 0 Å². The summed E-state index contributed by atoms with van der Waals surface area (Å²) in [5, 5.41) is 12.9. The topological polar surface area (TPSA) is 23.5 Å². The van der Waals surface area contributed by atoms with Gasteiger partial charge in [-0.2, -0.15) is 0 Å². The lowest BCUT2D eigenvalue weighted by Gasteiger charge is -2.18. The van der Waals surface area contributed by atoms with Crippen molar-refractivity contribution in [1.29, 1.82) is 0 Å².